The predicted molar refractivity (Wildman–Crippen MR) is 95.9 cm³/mol. The highest BCUT2D eigenvalue weighted by atomic mass is 16.6. The fourth-order valence-corrected chi connectivity index (χ4v) is 3.25. The molecule has 0 N–H and O–H groups in total. The lowest BCUT2D eigenvalue weighted by atomic mass is 10.1. The standard InChI is InChI=1S/C19H16N4O2/c1-13-12-15-4-2-3-5-18(15)22(13)19-20-11-10-17(21-19)14-6-8-16(9-7-14)23(24)25/h2-11,13H,12H2,1H3. The number of hydrogen-bond donors (Lipinski definition) is 0. The Morgan fingerprint density at radius 2 is 1.88 bits per heavy atom. The van der Waals surface area contributed by atoms with E-state index < -0.39 is 4.92 Å². The van der Waals surface area contributed by atoms with Gasteiger partial charge in [-0.2, -0.15) is 0 Å². The van der Waals surface area contributed by atoms with Crippen LogP contribution >= 0.6 is 0 Å². The second-order valence-corrected chi connectivity index (χ2v) is 6.10. The highest BCUT2D eigenvalue weighted by Gasteiger charge is 2.28. The maximum Gasteiger partial charge on any atom is 0.269 e. The normalized spacial score (nSPS) is 15.9. The summed E-state index contributed by atoms with van der Waals surface area (Å²) in [6, 6.07) is 16.8. The van der Waals surface area contributed by atoms with Crippen LogP contribution in [-0.2, 0) is 6.42 Å². The second-order valence-electron chi connectivity index (χ2n) is 6.10. The Hall–Kier alpha value is -3.28. The molecule has 1 atom stereocenters. The van der Waals surface area contributed by atoms with Crippen LogP contribution in [0.25, 0.3) is 11.3 Å². The number of nitrogens with zero attached hydrogens (tertiary/aromatic N) is 4. The van der Waals surface area contributed by atoms with Crippen molar-refractivity contribution in [2.24, 2.45) is 0 Å². The van der Waals surface area contributed by atoms with Gasteiger partial charge in [0.05, 0.1) is 10.6 Å². The molecule has 0 fully saturated rings. The van der Waals surface area contributed by atoms with Crippen molar-refractivity contribution < 1.29 is 4.92 Å². The van der Waals surface area contributed by atoms with Crippen LogP contribution in [0.1, 0.15) is 12.5 Å². The van der Waals surface area contributed by atoms with E-state index >= 15 is 0 Å². The average Bonchev–Trinajstić information content (AvgIpc) is 2.97. The molecule has 0 aliphatic carbocycles. The first-order chi connectivity index (χ1) is 12.1. The Morgan fingerprint density at radius 3 is 2.64 bits per heavy atom. The molecule has 0 spiro atoms. The lowest BCUT2D eigenvalue weighted by molar-refractivity contribution is -0.384. The van der Waals surface area contributed by atoms with Crippen molar-refractivity contribution in [1.29, 1.82) is 0 Å². The van der Waals surface area contributed by atoms with Crippen LogP contribution in [0.4, 0.5) is 17.3 Å². The Balaban J connectivity index is 1.72. The van der Waals surface area contributed by atoms with Crippen LogP contribution in [0.2, 0.25) is 0 Å². The zero-order valence-electron chi connectivity index (χ0n) is 13.7. The number of aromatic nitrogens is 2. The van der Waals surface area contributed by atoms with Gasteiger partial charge in [-0.1, -0.05) is 18.2 Å². The van der Waals surface area contributed by atoms with Crippen molar-refractivity contribution in [1.82, 2.24) is 9.97 Å². The topological polar surface area (TPSA) is 72.2 Å². The molecule has 3 aromatic rings. The number of hydrogen-bond acceptors (Lipinski definition) is 5. The predicted octanol–water partition coefficient (Wildman–Crippen LogP) is 4.13. The van der Waals surface area contributed by atoms with Gasteiger partial charge in [0, 0.05) is 35.6 Å². The summed E-state index contributed by atoms with van der Waals surface area (Å²) in [5, 5.41) is 10.8. The van der Waals surface area contributed by atoms with Crippen molar-refractivity contribution >= 4 is 17.3 Å². The number of fused-ring (bicyclic) bond motifs is 1. The Morgan fingerprint density at radius 1 is 1.12 bits per heavy atom. The van der Waals surface area contributed by atoms with Gasteiger partial charge < -0.3 is 4.90 Å². The molecule has 1 aliphatic rings. The molecular formula is C19H16N4O2. The van der Waals surface area contributed by atoms with Gasteiger partial charge in [-0.25, -0.2) is 9.97 Å². The molecule has 124 valence electrons. The molecule has 0 bridgehead atoms. The molecule has 25 heavy (non-hydrogen) atoms. The summed E-state index contributed by atoms with van der Waals surface area (Å²) in [5.74, 6) is 0.647. The molecule has 4 rings (SSSR count). The Labute approximate surface area is 144 Å². The van der Waals surface area contributed by atoms with Gasteiger partial charge in [0.1, 0.15) is 0 Å². The van der Waals surface area contributed by atoms with Crippen molar-refractivity contribution in [3.05, 3.63) is 76.5 Å². The van der Waals surface area contributed by atoms with E-state index in [-0.39, 0.29) is 11.7 Å². The van der Waals surface area contributed by atoms with Gasteiger partial charge in [0.15, 0.2) is 0 Å². The lowest BCUT2D eigenvalue weighted by Crippen LogP contribution is -2.25. The van der Waals surface area contributed by atoms with Gasteiger partial charge in [0.25, 0.3) is 5.69 Å². The molecule has 6 nitrogen and oxygen atoms in total. The fraction of sp³-hybridized carbons (Fsp3) is 0.158. The third-order valence-corrected chi connectivity index (χ3v) is 4.44. The van der Waals surface area contributed by atoms with Crippen LogP contribution in [0.3, 0.4) is 0 Å². The highest BCUT2D eigenvalue weighted by molar-refractivity contribution is 5.69. The number of non-ortho nitro benzene ring substituents is 1. The molecular weight excluding hydrogens is 316 g/mol. The highest BCUT2D eigenvalue weighted by Crippen LogP contribution is 2.36. The van der Waals surface area contributed by atoms with E-state index in [0.29, 0.717) is 5.95 Å². The molecule has 2 aromatic carbocycles. The van der Waals surface area contributed by atoms with Crippen LogP contribution in [0.15, 0.2) is 60.8 Å². The maximum absolute atomic E-state index is 10.8. The minimum Gasteiger partial charge on any atom is -0.307 e. The first-order valence-corrected chi connectivity index (χ1v) is 8.08. The zero-order valence-corrected chi connectivity index (χ0v) is 13.7. The van der Waals surface area contributed by atoms with Crippen molar-refractivity contribution in [3.8, 4) is 11.3 Å². The molecule has 6 heteroatoms. The largest absolute Gasteiger partial charge is 0.307 e. The van der Waals surface area contributed by atoms with Crippen molar-refractivity contribution in [2.45, 2.75) is 19.4 Å². The summed E-state index contributed by atoms with van der Waals surface area (Å²) in [6.07, 6.45) is 2.69. The van der Waals surface area contributed by atoms with Crippen LogP contribution in [0, 0.1) is 10.1 Å². The first kappa shape index (κ1) is 15.3. The molecule has 0 saturated heterocycles. The molecule has 1 aromatic heterocycles. The number of para-hydroxylation sites is 1. The summed E-state index contributed by atoms with van der Waals surface area (Å²) < 4.78 is 0. The van der Waals surface area contributed by atoms with E-state index in [1.54, 1.807) is 18.3 Å². The Bertz CT molecular complexity index is 940. The van der Waals surface area contributed by atoms with Gasteiger partial charge >= 0.3 is 0 Å². The van der Waals surface area contributed by atoms with Crippen LogP contribution < -0.4 is 4.90 Å². The molecule has 1 unspecified atom stereocenters. The second kappa shape index (κ2) is 5.98. The molecule has 0 radical (unpaired) electrons. The summed E-state index contributed by atoms with van der Waals surface area (Å²) >= 11 is 0. The van der Waals surface area contributed by atoms with E-state index in [9.17, 15) is 10.1 Å². The van der Waals surface area contributed by atoms with E-state index in [4.69, 9.17) is 4.98 Å². The third kappa shape index (κ3) is 2.71. The first-order valence-electron chi connectivity index (χ1n) is 8.08. The summed E-state index contributed by atoms with van der Waals surface area (Å²) in [6.45, 7) is 2.15. The van der Waals surface area contributed by atoms with Gasteiger partial charge in [0.2, 0.25) is 5.95 Å². The molecule has 1 aliphatic heterocycles. The van der Waals surface area contributed by atoms with Crippen LogP contribution in [0.5, 0.6) is 0 Å². The van der Waals surface area contributed by atoms with Gasteiger partial charge in [-0.05, 0) is 43.2 Å². The van der Waals surface area contributed by atoms with Gasteiger partial charge in [-0.15, -0.1) is 0 Å². The number of anilines is 2. The van der Waals surface area contributed by atoms with Crippen molar-refractivity contribution in [3.63, 3.8) is 0 Å². The summed E-state index contributed by atoms with van der Waals surface area (Å²) in [5.41, 5.74) is 4.07. The minimum atomic E-state index is -0.405. The third-order valence-electron chi connectivity index (χ3n) is 4.44. The van der Waals surface area contributed by atoms with E-state index in [2.05, 4.69) is 28.9 Å². The number of nitro groups is 1. The molecule has 2 heterocycles. The quantitative estimate of drug-likeness (QED) is 0.532. The minimum absolute atomic E-state index is 0.0696. The Kier molecular flexibility index (Phi) is 3.65. The molecule has 0 saturated carbocycles. The van der Waals surface area contributed by atoms with Crippen molar-refractivity contribution in [2.75, 3.05) is 4.90 Å². The number of benzene rings is 2. The zero-order chi connectivity index (χ0) is 17.4. The molecule has 0 amide bonds. The number of nitro benzene ring substituents is 1. The SMILES string of the molecule is CC1Cc2ccccc2N1c1nccc(-c2ccc([N+](=O)[O-])cc2)n1. The summed E-state index contributed by atoms with van der Waals surface area (Å²) in [4.78, 5) is 21.7. The summed E-state index contributed by atoms with van der Waals surface area (Å²) in [7, 11) is 0. The van der Waals surface area contributed by atoms with Crippen LogP contribution in [-0.4, -0.2) is 20.9 Å². The van der Waals surface area contributed by atoms with Gasteiger partial charge in [-0.3, -0.25) is 10.1 Å². The lowest BCUT2D eigenvalue weighted by Gasteiger charge is -2.22. The smallest absolute Gasteiger partial charge is 0.269 e. The maximum atomic E-state index is 10.8. The fourth-order valence-electron chi connectivity index (χ4n) is 3.25. The van der Waals surface area contributed by atoms with E-state index in [0.717, 1.165) is 23.4 Å². The average molecular weight is 332 g/mol. The van der Waals surface area contributed by atoms with E-state index in [1.807, 2.05) is 18.2 Å². The number of rotatable bonds is 3. The van der Waals surface area contributed by atoms with E-state index in [1.165, 1.54) is 17.7 Å². The monoisotopic (exact) mass is 332 g/mol.